The highest BCUT2D eigenvalue weighted by molar-refractivity contribution is 6.37. The molecule has 5 rings (SSSR count). The fourth-order valence-corrected chi connectivity index (χ4v) is 5.25. The van der Waals surface area contributed by atoms with E-state index in [2.05, 4.69) is 20.9 Å². The molecular weight excluding hydrogens is 508 g/mol. The van der Waals surface area contributed by atoms with Gasteiger partial charge in [0.2, 0.25) is 0 Å². The number of nitrogens with zero attached hydrogens (tertiary/aromatic N) is 1. The van der Waals surface area contributed by atoms with Gasteiger partial charge in [0.05, 0.1) is 29.1 Å². The maximum atomic E-state index is 13.2. The number of aryl methyl sites for hydroxylation is 1. The molecule has 3 aromatic carbocycles. The van der Waals surface area contributed by atoms with Crippen LogP contribution in [0.15, 0.2) is 66.7 Å². The number of carbonyl (C=O) groups excluding carboxylic acids is 2. The number of hydrogen-bond donors (Lipinski definition) is 5. The number of carboxylic acid groups (broad SMARTS) is 1. The van der Waals surface area contributed by atoms with Gasteiger partial charge in [-0.1, -0.05) is 30.3 Å². The lowest BCUT2D eigenvalue weighted by Gasteiger charge is -2.31. The van der Waals surface area contributed by atoms with Gasteiger partial charge in [0.1, 0.15) is 0 Å². The Balaban J connectivity index is 1.39. The van der Waals surface area contributed by atoms with E-state index in [1.807, 2.05) is 30.3 Å². The third kappa shape index (κ3) is 5.75. The number of β-amino-alcohol motifs (C(OH)–C–C–N with tert-alkyl or cyclic N) is 1. The van der Waals surface area contributed by atoms with Crippen molar-refractivity contribution in [3.8, 4) is 0 Å². The third-order valence-corrected chi connectivity index (χ3v) is 7.41. The molecule has 0 spiro atoms. The fourth-order valence-electron chi connectivity index (χ4n) is 5.25. The molecule has 9 nitrogen and oxygen atoms in total. The average Bonchev–Trinajstić information content (AvgIpc) is 3.27. The highest BCUT2D eigenvalue weighted by Gasteiger charge is 2.30. The number of aliphatic hydroxyl groups is 1. The molecule has 40 heavy (non-hydrogen) atoms. The van der Waals surface area contributed by atoms with Gasteiger partial charge in [-0.05, 0) is 67.3 Å². The zero-order chi connectivity index (χ0) is 28.2. The van der Waals surface area contributed by atoms with Crippen LogP contribution in [0.2, 0.25) is 0 Å². The maximum Gasteiger partial charge on any atom is 0.336 e. The van der Waals surface area contributed by atoms with Crippen LogP contribution in [0, 0.1) is 6.92 Å². The number of hydrogen-bond acceptors (Lipinski definition) is 6. The van der Waals surface area contributed by atoms with Gasteiger partial charge in [0.25, 0.3) is 11.8 Å². The van der Waals surface area contributed by atoms with Crippen LogP contribution in [-0.4, -0.2) is 65.2 Å². The zero-order valence-corrected chi connectivity index (χ0v) is 22.2. The minimum absolute atomic E-state index is 0.0979. The number of carboxylic acids is 1. The monoisotopic (exact) mass is 540 g/mol. The van der Waals surface area contributed by atoms with Gasteiger partial charge < -0.3 is 31.1 Å². The van der Waals surface area contributed by atoms with Crippen molar-refractivity contribution in [3.05, 3.63) is 94.5 Å². The van der Waals surface area contributed by atoms with E-state index in [1.165, 1.54) is 6.07 Å². The Bertz CT molecular complexity index is 1460. The average molecular weight is 541 g/mol. The van der Waals surface area contributed by atoms with Gasteiger partial charge in [0, 0.05) is 42.5 Å². The number of amides is 2. The van der Waals surface area contributed by atoms with Gasteiger partial charge in [-0.15, -0.1) is 0 Å². The topological polar surface area (TPSA) is 131 Å². The van der Waals surface area contributed by atoms with Crippen molar-refractivity contribution in [2.45, 2.75) is 25.8 Å². The second kappa shape index (κ2) is 11.7. The van der Waals surface area contributed by atoms with Gasteiger partial charge >= 0.3 is 5.97 Å². The summed E-state index contributed by atoms with van der Waals surface area (Å²) in [7, 11) is 0. The number of rotatable bonds is 8. The predicted octanol–water partition coefficient (Wildman–Crippen LogP) is 3.81. The quantitative estimate of drug-likeness (QED) is 0.275. The van der Waals surface area contributed by atoms with E-state index in [9.17, 15) is 19.5 Å². The van der Waals surface area contributed by atoms with Crippen LogP contribution in [0.3, 0.4) is 0 Å². The summed E-state index contributed by atoms with van der Waals surface area (Å²) in [5.41, 5.74) is 4.78. The summed E-state index contributed by atoms with van der Waals surface area (Å²) in [6.45, 7) is 4.20. The lowest BCUT2D eigenvalue weighted by atomic mass is 9.96. The molecule has 2 aliphatic rings. The molecule has 0 unspecified atom stereocenters. The van der Waals surface area contributed by atoms with E-state index < -0.39 is 5.97 Å². The minimum Gasteiger partial charge on any atom is -0.478 e. The van der Waals surface area contributed by atoms with E-state index in [0.717, 1.165) is 31.5 Å². The predicted molar refractivity (Wildman–Crippen MR) is 154 cm³/mol. The Labute approximate surface area is 232 Å². The summed E-state index contributed by atoms with van der Waals surface area (Å²) in [6, 6.07) is 19.8. The van der Waals surface area contributed by atoms with Crippen LogP contribution in [-0.2, 0) is 4.79 Å². The second-order valence-electron chi connectivity index (χ2n) is 10.1. The van der Waals surface area contributed by atoms with E-state index in [4.69, 9.17) is 5.11 Å². The molecule has 2 amide bonds. The highest BCUT2D eigenvalue weighted by Crippen LogP contribution is 2.39. The molecule has 3 aromatic rings. The van der Waals surface area contributed by atoms with Crippen LogP contribution in [0.4, 0.5) is 11.4 Å². The van der Waals surface area contributed by atoms with Gasteiger partial charge in [-0.3, -0.25) is 9.59 Å². The lowest BCUT2D eigenvalue weighted by molar-refractivity contribution is -0.110. The summed E-state index contributed by atoms with van der Waals surface area (Å²) in [6.07, 6.45) is 1.69. The van der Waals surface area contributed by atoms with Crippen LogP contribution in [0.25, 0.3) is 11.3 Å². The Morgan fingerprint density at radius 3 is 2.35 bits per heavy atom. The van der Waals surface area contributed by atoms with E-state index in [0.29, 0.717) is 45.9 Å². The first-order chi connectivity index (χ1) is 19.3. The van der Waals surface area contributed by atoms with Crippen molar-refractivity contribution in [1.82, 2.24) is 10.2 Å². The standard InChI is InChI=1S/C31H32N4O5/c1-19-17-25-26(18-24(19)31(39)40)34-30(38)27(25)28(20-5-3-2-4-6-20)32-22-9-7-21(8-10-22)29(37)33-23-11-13-35(14-12-23)15-16-36/h2-10,17-18,23,32,36H,11-16H2,1H3,(H,33,37)(H,34,38)(H,39,40)/b28-27-. The van der Waals surface area contributed by atoms with Crippen LogP contribution >= 0.6 is 0 Å². The first kappa shape index (κ1) is 27.1. The molecule has 2 aliphatic heterocycles. The van der Waals surface area contributed by atoms with Crippen molar-refractivity contribution in [2.75, 3.05) is 36.9 Å². The molecule has 1 fully saturated rings. The number of fused-ring (bicyclic) bond motifs is 1. The Hall–Kier alpha value is -4.47. The molecule has 1 saturated heterocycles. The second-order valence-corrected chi connectivity index (χ2v) is 10.1. The van der Waals surface area contributed by atoms with Crippen molar-refractivity contribution in [2.24, 2.45) is 0 Å². The molecule has 206 valence electrons. The summed E-state index contributed by atoms with van der Waals surface area (Å²) in [5.74, 6) is -1.52. The normalized spacial score (nSPS) is 16.7. The molecule has 0 aliphatic carbocycles. The molecule has 9 heteroatoms. The van der Waals surface area contributed by atoms with Gasteiger partial charge in [0.15, 0.2) is 0 Å². The smallest absolute Gasteiger partial charge is 0.336 e. The summed E-state index contributed by atoms with van der Waals surface area (Å²) in [5, 5.41) is 27.9. The van der Waals surface area contributed by atoms with Crippen molar-refractivity contribution in [1.29, 1.82) is 0 Å². The molecule has 0 bridgehead atoms. The van der Waals surface area contributed by atoms with Crippen molar-refractivity contribution < 1.29 is 24.6 Å². The van der Waals surface area contributed by atoms with Gasteiger partial charge in [-0.25, -0.2) is 4.79 Å². The minimum atomic E-state index is -1.05. The maximum absolute atomic E-state index is 13.2. The number of benzene rings is 3. The molecule has 0 aromatic heterocycles. The number of nitrogens with one attached hydrogen (secondary N) is 3. The van der Waals surface area contributed by atoms with Crippen LogP contribution in [0.1, 0.15) is 50.2 Å². The zero-order valence-electron chi connectivity index (χ0n) is 22.2. The first-order valence-corrected chi connectivity index (χ1v) is 13.3. The van der Waals surface area contributed by atoms with Crippen molar-refractivity contribution in [3.63, 3.8) is 0 Å². The number of aliphatic hydroxyl groups excluding tert-OH is 1. The first-order valence-electron chi connectivity index (χ1n) is 13.3. The number of likely N-dealkylation sites (tertiary alicyclic amines) is 1. The van der Waals surface area contributed by atoms with E-state index in [1.54, 1.807) is 37.3 Å². The number of carbonyl (C=O) groups is 3. The summed E-state index contributed by atoms with van der Waals surface area (Å²) in [4.78, 5) is 39.9. The number of piperidine rings is 1. The Morgan fingerprint density at radius 1 is 1.00 bits per heavy atom. The number of anilines is 2. The molecule has 2 heterocycles. The number of aromatic carboxylic acids is 1. The van der Waals surface area contributed by atoms with Crippen molar-refractivity contribution >= 4 is 40.4 Å². The lowest BCUT2D eigenvalue weighted by Crippen LogP contribution is -2.45. The van der Waals surface area contributed by atoms with Gasteiger partial charge in [-0.2, -0.15) is 0 Å². The Morgan fingerprint density at radius 2 is 1.70 bits per heavy atom. The fraction of sp³-hybridized carbons (Fsp3) is 0.258. The van der Waals surface area contributed by atoms with Crippen LogP contribution < -0.4 is 16.0 Å². The SMILES string of the molecule is Cc1cc2c(cc1C(=O)O)NC(=O)/C2=C(\Nc1ccc(C(=O)NC2CCN(CCO)CC2)cc1)c1ccccc1. The van der Waals surface area contributed by atoms with E-state index in [-0.39, 0.29) is 30.0 Å². The molecule has 0 saturated carbocycles. The highest BCUT2D eigenvalue weighted by atomic mass is 16.4. The third-order valence-electron chi connectivity index (χ3n) is 7.41. The summed E-state index contributed by atoms with van der Waals surface area (Å²) < 4.78 is 0. The largest absolute Gasteiger partial charge is 0.478 e. The van der Waals surface area contributed by atoms with E-state index >= 15 is 0 Å². The Kier molecular flexibility index (Phi) is 7.95. The van der Waals surface area contributed by atoms with Crippen LogP contribution in [0.5, 0.6) is 0 Å². The molecule has 0 atom stereocenters. The molecule has 0 radical (unpaired) electrons. The molecule has 5 N–H and O–H groups in total. The molecular formula is C31H32N4O5. The summed E-state index contributed by atoms with van der Waals surface area (Å²) >= 11 is 0.